The van der Waals surface area contributed by atoms with Gasteiger partial charge in [0.2, 0.25) is 0 Å². The quantitative estimate of drug-likeness (QED) is 0.673. The van der Waals surface area contributed by atoms with Crippen LogP contribution in [0.4, 0.5) is 0 Å². The van der Waals surface area contributed by atoms with Gasteiger partial charge in [-0.3, -0.25) is 4.79 Å². The predicted molar refractivity (Wildman–Crippen MR) is 50.1 cm³/mol. The van der Waals surface area contributed by atoms with Crippen molar-refractivity contribution in [2.24, 2.45) is 0 Å². The number of rotatable bonds is 2. The average molecular weight is 236 g/mol. The van der Waals surface area contributed by atoms with Crippen molar-refractivity contribution in [1.29, 1.82) is 0 Å². The van der Waals surface area contributed by atoms with Crippen molar-refractivity contribution in [2.75, 3.05) is 5.33 Å². The molecule has 60 valence electrons. The molecule has 0 heterocycles. The molecule has 0 saturated heterocycles. The molecule has 1 rings (SSSR count). The largest absolute Gasteiger partial charge is 0.294 e. The fourth-order valence-corrected chi connectivity index (χ4v) is 1.45. The third kappa shape index (κ3) is 2.46. The first-order valence-electron chi connectivity index (χ1n) is 3.38. The molecule has 1 nitrogen and oxygen atoms in total. The second-order valence-electron chi connectivity index (χ2n) is 2.36. The average Bonchev–Trinajstić information content (AvgIpc) is 2.05. The van der Waals surface area contributed by atoms with Gasteiger partial charge < -0.3 is 0 Å². The Bertz CT molecular complexity index is 230. The molecular formula is C8H8BrClO. The Labute approximate surface area is 79.2 Å². The number of Topliss-reactive ketones (excluding diaryl/α,β-unsaturated/α-hetero) is 1. The summed E-state index contributed by atoms with van der Waals surface area (Å²) in [6.45, 7) is 0. The number of allylic oxidation sites excluding steroid dienone is 4. The van der Waals surface area contributed by atoms with Crippen LogP contribution in [0.1, 0.15) is 12.8 Å². The summed E-state index contributed by atoms with van der Waals surface area (Å²) in [7, 11) is 0. The van der Waals surface area contributed by atoms with Gasteiger partial charge in [0, 0.05) is 5.03 Å². The van der Waals surface area contributed by atoms with E-state index in [-0.39, 0.29) is 5.78 Å². The van der Waals surface area contributed by atoms with E-state index in [0.717, 1.165) is 23.4 Å². The Morgan fingerprint density at radius 1 is 1.55 bits per heavy atom. The van der Waals surface area contributed by atoms with Crippen LogP contribution in [0, 0.1) is 0 Å². The van der Waals surface area contributed by atoms with E-state index in [1.54, 1.807) is 12.2 Å². The van der Waals surface area contributed by atoms with Gasteiger partial charge in [0.25, 0.3) is 0 Å². The molecule has 0 aromatic carbocycles. The van der Waals surface area contributed by atoms with E-state index >= 15 is 0 Å². The van der Waals surface area contributed by atoms with E-state index in [4.69, 9.17) is 11.6 Å². The first kappa shape index (κ1) is 9.01. The molecule has 0 aromatic heterocycles. The van der Waals surface area contributed by atoms with E-state index < -0.39 is 0 Å². The van der Waals surface area contributed by atoms with Gasteiger partial charge in [0.1, 0.15) is 0 Å². The smallest absolute Gasteiger partial charge is 0.169 e. The Morgan fingerprint density at radius 3 is 2.73 bits per heavy atom. The lowest BCUT2D eigenvalue weighted by atomic mass is 10.0. The third-order valence-corrected chi connectivity index (χ3v) is 2.40. The zero-order valence-corrected chi connectivity index (χ0v) is 8.28. The summed E-state index contributed by atoms with van der Waals surface area (Å²) >= 11 is 8.84. The molecule has 0 unspecified atom stereocenters. The topological polar surface area (TPSA) is 17.1 Å². The molecule has 0 spiro atoms. The predicted octanol–water partition coefficient (Wildman–Crippen LogP) is 2.79. The normalized spacial score (nSPS) is 17.3. The molecule has 0 radical (unpaired) electrons. The highest BCUT2D eigenvalue weighted by atomic mass is 79.9. The van der Waals surface area contributed by atoms with Gasteiger partial charge >= 0.3 is 0 Å². The van der Waals surface area contributed by atoms with Crippen LogP contribution < -0.4 is 0 Å². The highest BCUT2D eigenvalue weighted by Gasteiger charge is 2.10. The zero-order chi connectivity index (χ0) is 8.27. The van der Waals surface area contributed by atoms with E-state index in [0.29, 0.717) is 5.33 Å². The summed E-state index contributed by atoms with van der Waals surface area (Å²) in [5.74, 6) is 0.158. The van der Waals surface area contributed by atoms with E-state index in [1.165, 1.54) is 0 Å². The maximum Gasteiger partial charge on any atom is 0.169 e. The summed E-state index contributed by atoms with van der Waals surface area (Å²) in [6, 6.07) is 0. The molecule has 11 heavy (non-hydrogen) atoms. The third-order valence-electron chi connectivity index (χ3n) is 1.58. The van der Waals surface area contributed by atoms with Crippen molar-refractivity contribution in [1.82, 2.24) is 0 Å². The lowest BCUT2D eigenvalue weighted by Gasteiger charge is -2.07. The standard InChI is InChI=1S/C8H8BrClO/c9-5-8(11)6-1-3-7(10)4-2-6/h1,3H,2,4-5H2. The first-order valence-corrected chi connectivity index (χ1v) is 4.88. The van der Waals surface area contributed by atoms with Crippen LogP contribution in [-0.2, 0) is 4.79 Å². The number of hydrogen-bond acceptors (Lipinski definition) is 1. The fourth-order valence-electron chi connectivity index (χ4n) is 0.930. The van der Waals surface area contributed by atoms with Crippen LogP contribution in [0.5, 0.6) is 0 Å². The maximum atomic E-state index is 11.1. The van der Waals surface area contributed by atoms with E-state index in [2.05, 4.69) is 15.9 Å². The van der Waals surface area contributed by atoms with Crippen LogP contribution in [0.25, 0.3) is 0 Å². The molecular weight excluding hydrogens is 227 g/mol. The second-order valence-corrected chi connectivity index (χ2v) is 3.41. The minimum atomic E-state index is 0.158. The van der Waals surface area contributed by atoms with Crippen molar-refractivity contribution >= 4 is 33.3 Å². The number of ketones is 1. The Hall–Kier alpha value is -0.0800. The monoisotopic (exact) mass is 234 g/mol. The summed E-state index contributed by atoms with van der Waals surface area (Å²) in [6.07, 6.45) is 5.17. The number of hydrogen-bond donors (Lipinski definition) is 0. The fraction of sp³-hybridized carbons (Fsp3) is 0.375. The molecule has 0 aliphatic heterocycles. The van der Waals surface area contributed by atoms with Crippen LogP contribution in [0.2, 0.25) is 0 Å². The van der Waals surface area contributed by atoms with Gasteiger partial charge in [-0.2, -0.15) is 0 Å². The Kier molecular flexibility index (Phi) is 3.34. The number of alkyl halides is 1. The highest BCUT2D eigenvalue weighted by Crippen LogP contribution is 2.21. The van der Waals surface area contributed by atoms with Crippen LogP contribution in [0.3, 0.4) is 0 Å². The Morgan fingerprint density at radius 2 is 2.27 bits per heavy atom. The first-order chi connectivity index (χ1) is 5.24. The number of halogens is 2. The van der Waals surface area contributed by atoms with Crippen molar-refractivity contribution in [3.8, 4) is 0 Å². The lowest BCUT2D eigenvalue weighted by Crippen LogP contribution is -2.05. The minimum Gasteiger partial charge on any atom is -0.294 e. The van der Waals surface area contributed by atoms with Crippen LogP contribution in [0.15, 0.2) is 22.8 Å². The maximum absolute atomic E-state index is 11.1. The molecule has 0 N–H and O–H groups in total. The van der Waals surface area contributed by atoms with Gasteiger partial charge in [-0.25, -0.2) is 0 Å². The number of carbonyl (C=O) groups is 1. The van der Waals surface area contributed by atoms with Crippen LogP contribution >= 0.6 is 27.5 Å². The van der Waals surface area contributed by atoms with Gasteiger partial charge in [-0.15, -0.1) is 0 Å². The molecule has 3 heteroatoms. The van der Waals surface area contributed by atoms with Gasteiger partial charge in [-0.05, 0) is 24.5 Å². The van der Waals surface area contributed by atoms with Gasteiger partial charge in [0.05, 0.1) is 5.33 Å². The Balaban J connectivity index is 2.68. The highest BCUT2D eigenvalue weighted by molar-refractivity contribution is 9.09. The van der Waals surface area contributed by atoms with Gasteiger partial charge in [-0.1, -0.05) is 33.6 Å². The minimum absolute atomic E-state index is 0.158. The molecule has 0 fully saturated rings. The van der Waals surface area contributed by atoms with Gasteiger partial charge in [0.15, 0.2) is 5.78 Å². The molecule has 0 saturated carbocycles. The summed E-state index contributed by atoms with van der Waals surface area (Å²) < 4.78 is 0. The second kappa shape index (κ2) is 4.07. The molecule has 1 aliphatic carbocycles. The SMILES string of the molecule is O=C(CBr)C1=CC=C(Cl)CC1. The van der Waals surface area contributed by atoms with E-state index in [9.17, 15) is 4.79 Å². The molecule has 0 atom stereocenters. The molecule has 0 amide bonds. The number of carbonyl (C=O) groups excluding carboxylic acids is 1. The summed E-state index contributed by atoms with van der Waals surface area (Å²) in [5, 5.41) is 1.24. The molecule has 1 aliphatic rings. The van der Waals surface area contributed by atoms with Crippen molar-refractivity contribution in [3.63, 3.8) is 0 Å². The van der Waals surface area contributed by atoms with Crippen LogP contribution in [-0.4, -0.2) is 11.1 Å². The van der Waals surface area contributed by atoms with Crippen molar-refractivity contribution in [2.45, 2.75) is 12.8 Å². The van der Waals surface area contributed by atoms with E-state index in [1.807, 2.05) is 0 Å². The van der Waals surface area contributed by atoms with Crippen molar-refractivity contribution in [3.05, 3.63) is 22.8 Å². The van der Waals surface area contributed by atoms with Crippen molar-refractivity contribution < 1.29 is 4.79 Å². The molecule has 0 aromatic rings. The summed E-state index contributed by atoms with van der Waals surface area (Å²) in [5.41, 5.74) is 0.867. The lowest BCUT2D eigenvalue weighted by molar-refractivity contribution is -0.113. The summed E-state index contributed by atoms with van der Waals surface area (Å²) in [4.78, 5) is 11.1. The zero-order valence-electron chi connectivity index (χ0n) is 5.94. The molecule has 0 bridgehead atoms.